The van der Waals surface area contributed by atoms with E-state index in [0.29, 0.717) is 17.7 Å². The predicted molar refractivity (Wildman–Crippen MR) is 118 cm³/mol. The molecule has 7 heteroatoms. The zero-order valence-electron chi connectivity index (χ0n) is 19.9. The van der Waals surface area contributed by atoms with Crippen LogP contribution >= 0.6 is 0 Å². The maximum absolute atomic E-state index is 11.7. The average molecular weight is 562 g/mol. The maximum Gasteiger partial charge on any atom is 0.223 e. The van der Waals surface area contributed by atoms with Gasteiger partial charge in [0.15, 0.2) is 0 Å². The van der Waals surface area contributed by atoms with E-state index in [1.807, 2.05) is 4.90 Å². The molecule has 0 spiro atoms. The third kappa shape index (κ3) is 17.8. The summed E-state index contributed by atoms with van der Waals surface area (Å²) in [5.74, 6) is 0.310. The van der Waals surface area contributed by atoms with Gasteiger partial charge in [0.25, 0.3) is 0 Å². The van der Waals surface area contributed by atoms with Crippen LogP contribution in [0.1, 0.15) is 68.2 Å². The van der Waals surface area contributed by atoms with Gasteiger partial charge in [-0.1, -0.05) is 49.0 Å². The molecule has 168 valence electrons. The Labute approximate surface area is 232 Å². The number of hydrogen-bond donors (Lipinski definition) is 0. The van der Waals surface area contributed by atoms with Crippen molar-refractivity contribution in [2.24, 2.45) is 10.8 Å². The number of hydrogen-bond acceptors (Lipinski definition) is 4. The summed E-state index contributed by atoms with van der Waals surface area (Å²) in [5, 5.41) is 0. The van der Waals surface area contributed by atoms with Crippen molar-refractivity contribution in [3.8, 4) is 0 Å². The van der Waals surface area contributed by atoms with Gasteiger partial charge in [-0.15, -0.1) is 0 Å². The van der Waals surface area contributed by atoms with Crippen LogP contribution in [0.3, 0.4) is 0 Å². The fourth-order valence-electron chi connectivity index (χ4n) is 3.04. The Morgan fingerprint density at radius 1 is 0.759 bits per heavy atom. The van der Waals surface area contributed by atoms with Crippen molar-refractivity contribution in [1.82, 2.24) is 19.6 Å². The Morgan fingerprint density at radius 2 is 1.24 bits per heavy atom. The van der Waals surface area contributed by atoms with Gasteiger partial charge >= 0.3 is 0 Å². The summed E-state index contributed by atoms with van der Waals surface area (Å²) in [6.45, 7) is 21.1. The van der Waals surface area contributed by atoms with E-state index in [0.717, 1.165) is 32.8 Å². The first-order valence-corrected chi connectivity index (χ1v) is 10.2. The molecule has 0 atom stereocenters. The zero-order chi connectivity index (χ0) is 20.0. The number of carbonyl (C=O) groups is 1. The van der Waals surface area contributed by atoms with E-state index in [1.165, 1.54) is 26.1 Å². The Morgan fingerprint density at radius 3 is 1.62 bits per heavy atom. The second-order valence-electron chi connectivity index (χ2n) is 10.6. The molecule has 2 rings (SSSR count). The molecular weight excluding hydrogens is 514 g/mol. The Bertz CT molecular complexity index is 436. The van der Waals surface area contributed by atoms with Crippen molar-refractivity contribution < 1.29 is 70.2 Å². The fourth-order valence-corrected chi connectivity index (χ4v) is 3.04. The first-order chi connectivity index (χ1) is 11.9. The van der Waals surface area contributed by atoms with Gasteiger partial charge in [0, 0.05) is 98.0 Å². The van der Waals surface area contributed by atoms with Crippen LogP contribution in [0.4, 0.5) is 0 Å². The number of nitrogens with zero attached hydrogens (tertiary/aromatic N) is 4. The molecule has 0 bridgehead atoms. The molecule has 0 aromatic carbocycles. The minimum absolute atomic E-state index is 0. The summed E-state index contributed by atoms with van der Waals surface area (Å²) in [5.41, 5.74) is 0.752. The van der Waals surface area contributed by atoms with Crippen molar-refractivity contribution in [3.05, 3.63) is 0 Å². The number of likely N-dealkylation sites (N-methyl/N-ethyl adjacent to an activating group) is 2. The van der Waals surface area contributed by atoms with Gasteiger partial charge in [-0.3, -0.25) is 19.5 Å². The monoisotopic (exact) mass is 562 g/mol. The zero-order valence-corrected chi connectivity index (χ0v) is 25.6. The molecule has 0 aliphatic carbocycles. The molecule has 2 fully saturated rings. The van der Waals surface area contributed by atoms with Gasteiger partial charge in [-0.05, 0) is 44.3 Å². The van der Waals surface area contributed by atoms with Gasteiger partial charge in [-0.2, -0.15) is 0 Å². The molecule has 0 saturated carbocycles. The van der Waals surface area contributed by atoms with Gasteiger partial charge in [-0.25, -0.2) is 0 Å². The molecule has 5 nitrogen and oxygen atoms in total. The van der Waals surface area contributed by atoms with Crippen LogP contribution in [0.5, 0.6) is 0 Å². The van der Waals surface area contributed by atoms with Crippen molar-refractivity contribution in [3.63, 3.8) is 0 Å². The van der Waals surface area contributed by atoms with Crippen molar-refractivity contribution in [2.75, 3.05) is 60.2 Å². The van der Waals surface area contributed by atoms with Gasteiger partial charge in [0.1, 0.15) is 0 Å². The standard InChI is InChI=1S/C11H22N2O.C10H22N2.CH4.2Y/c1-11(2,3)6-5-10(14)13-8-7-12(4)9-13;1-10(2,3)5-6-12-8-7-11(4)9-12;;;/h5-9H2,1-4H3;5-9H2,1-4H3;1H4;;. The third-order valence-electron chi connectivity index (χ3n) is 5.02. The molecule has 2 heterocycles. The van der Waals surface area contributed by atoms with Gasteiger partial charge in [0.05, 0.1) is 13.3 Å². The molecule has 0 unspecified atom stereocenters. The summed E-state index contributed by atoms with van der Waals surface area (Å²) in [6.07, 6.45) is 2.98. The Kier molecular flexibility index (Phi) is 19.7. The topological polar surface area (TPSA) is 30.0 Å². The van der Waals surface area contributed by atoms with Crippen molar-refractivity contribution >= 4 is 5.91 Å². The summed E-state index contributed by atoms with van der Waals surface area (Å²) < 4.78 is 0. The van der Waals surface area contributed by atoms with E-state index in [9.17, 15) is 4.79 Å². The maximum atomic E-state index is 11.7. The van der Waals surface area contributed by atoms with Crippen LogP contribution < -0.4 is 0 Å². The van der Waals surface area contributed by atoms with Crippen molar-refractivity contribution in [1.29, 1.82) is 0 Å². The fraction of sp³-hybridized carbons (Fsp3) is 0.955. The molecule has 2 aliphatic rings. The van der Waals surface area contributed by atoms with E-state index in [1.54, 1.807) is 0 Å². The average Bonchev–Trinajstić information content (AvgIpc) is 3.10. The summed E-state index contributed by atoms with van der Waals surface area (Å²) in [6, 6.07) is 0. The normalized spacial score (nSPS) is 18.3. The molecule has 2 saturated heterocycles. The minimum Gasteiger partial charge on any atom is -0.328 e. The molecule has 0 aromatic rings. The van der Waals surface area contributed by atoms with E-state index >= 15 is 0 Å². The first kappa shape index (κ1) is 35.2. The van der Waals surface area contributed by atoms with Gasteiger partial charge < -0.3 is 4.90 Å². The van der Waals surface area contributed by atoms with Crippen LogP contribution in [0, 0.1) is 10.8 Å². The number of amides is 1. The number of carbonyl (C=O) groups excluding carboxylic acids is 1. The van der Waals surface area contributed by atoms with Crippen LogP contribution in [-0.4, -0.2) is 85.7 Å². The molecule has 0 N–H and O–H groups in total. The largest absolute Gasteiger partial charge is 0.328 e. The molecular formula is C22H48N4OY2. The first-order valence-electron chi connectivity index (χ1n) is 10.2. The van der Waals surface area contributed by atoms with Crippen LogP contribution in [0.2, 0.25) is 0 Å². The number of rotatable bonds is 4. The van der Waals surface area contributed by atoms with Crippen LogP contribution in [0.25, 0.3) is 0 Å². The summed E-state index contributed by atoms with van der Waals surface area (Å²) in [4.78, 5) is 20.8. The Balaban J connectivity index is -0.000000426. The van der Waals surface area contributed by atoms with E-state index in [2.05, 4.69) is 70.3 Å². The SMILES string of the molecule is C.CN1CCN(C(=O)CCC(C)(C)C)C1.CN1CCN(CCC(C)(C)C)C1.[Y].[Y]. The third-order valence-corrected chi connectivity index (χ3v) is 5.02. The molecule has 2 radical (unpaired) electrons. The van der Waals surface area contributed by atoms with Crippen LogP contribution in [0.15, 0.2) is 0 Å². The quantitative estimate of drug-likeness (QED) is 0.522. The van der Waals surface area contributed by atoms with E-state index in [4.69, 9.17) is 0 Å². The smallest absolute Gasteiger partial charge is 0.223 e. The molecule has 0 aromatic heterocycles. The van der Waals surface area contributed by atoms with Crippen molar-refractivity contribution in [2.45, 2.75) is 68.2 Å². The summed E-state index contributed by atoms with van der Waals surface area (Å²) in [7, 11) is 4.24. The van der Waals surface area contributed by atoms with Crippen LogP contribution in [-0.2, 0) is 70.2 Å². The molecule has 2 aliphatic heterocycles. The molecule has 1 amide bonds. The Hall–Kier alpha value is 1.56. The van der Waals surface area contributed by atoms with E-state index < -0.39 is 0 Å². The second-order valence-corrected chi connectivity index (χ2v) is 10.6. The predicted octanol–water partition coefficient (Wildman–Crippen LogP) is 3.80. The minimum atomic E-state index is 0. The molecule has 29 heavy (non-hydrogen) atoms. The summed E-state index contributed by atoms with van der Waals surface area (Å²) >= 11 is 0. The second kappa shape index (κ2) is 16.2. The van der Waals surface area contributed by atoms with Gasteiger partial charge in [0.2, 0.25) is 5.91 Å². The van der Waals surface area contributed by atoms with E-state index in [-0.39, 0.29) is 78.3 Å².